The van der Waals surface area contributed by atoms with Crippen LogP contribution < -0.4 is 5.32 Å². The van der Waals surface area contributed by atoms with E-state index in [0.29, 0.717) is 18.7 Å². The van der Waals surface area contributed by atoms with Crippen LogP contribution >= 0.6 is 0 Å². The summed E-state index contributed by atoms with van der Waals surface area (Å²) in [6, 6.07) is 6.01. The first kappa shape index (κ1) is 15.9. The fourth-order valence-corrected chi connectivity index (χ4v) is 2.61. The van der Waals surface area contributed by atoms with Gasteiger partial charge in [0.1, 0.15) is 5.82 Å². The molecule has 0 radical (unpaired) electrons. The third-order valence-electron chi connectivity index (χ3n) is 3.97. The first-order chi connectivity index (χ1) is 11.2. The molecule has 3 rings (SSSR count). The molecule has 0 aliphatic carbocycles. The van der Waals surface area contributed by atoms with Gasteiger partial charge >= 0.3 is 0 Å². The monoisotopic (exact) mass is 321 g/mol. The molecule has 2 aliphatic heterocycles. The van der Waals surface area contributed by atoms with Crippen molar-refractivity contribution in [2.75, 3.05) is 39.4 Å². The van der Waals surface area contributed by atoms with Crippen molar-refractivity contribution >= 4 is 11.6 Å². The van der Waals surface area contributed by atoms with Crippen LogP contribution in [0.3, 0.4) is 0 Å². The van der Waals surface area contributed by atoms with E-state index < -0.39 is 6.10 Å². The van der Waals surface area contributed by atoms with Crippen molar-refractivity contribution in [2.45, 2.75) is 12.5 Å². The molecule has 1 aromatic carbocycles. The largest absolute Gasteiger partial charge is 0.382 e. The Morgan fingerprint density at radius 2 is 2.04 bits per heavy atom. The molecule has 1 saturated heterocycles. The topological polar surface area (TPSA) is 63.2 Å². The Morgan fingerprint density at radius 1 is 1.30 bits per heavy atom. The minimum absolute atomic E-state index is 0.167. The highest BCUT2D eigenvalue weighted by Gasteiger charge is 2.28. The molecule has 0 spiro atoms. The SMILES string of the molecule is O=C(NCCN1CCOCC1)[C@H]1CC(c2ccc(F)cc2)=NO1. The number of nitrogens with one attached hydrogen (secondary N) is 1. The van der Waals surface area contributed by atoms with Crippen molar-refractivity contribution in [1.29, 1.82) is 0 Å². The van der Waals surface area contributed by atoms with Gasteiger partial charge < -0.3 is 14.9 Å². The highest BCUT2D eigenvalue weighted by Crippen LogP contribution is 2.17. The highest BCUT2D eigenvalue weighted by molar-refractivity contribution is 6.04. The van der Waals surface area contributed by atoms with Crippen LogP contribution in [0.5, 0.6) is 0 Å². The quantitative estimate of drug-likeness (QED) is 0.870. The number of morpholine rings is 1. The first-order valence-electron chi connectivity index (χ1n) is 7.79. The number of halogens is 1. The average Bonchev–Trinajstić information content (AvgIpc) is 3.06. The lowest BCUT2D eigenvalue weighted by molar-refractivity contribution is -0.131. The van der Waals surface area contributed by atoms with Gasteiger partial charge in [0.15, 0.2) is 0 Å². The summed E-state index contributed by atoms with van der Waals surface area (Å²) in [5.41, 5.74) is 1.44. The highest BCUT2D eigenvalue weighted by atomic mass is 19.1. The van der Waals surface area contributed by atoms with Crippen LogP contribution in [-0.2, 0) is 14.4 Å². The van der Waals surface area contributed by atoms with Crippen LogP contribution in [0.15, 0.2) is 29.4 Å². The summed E-state index contributed by atoms with van der Waals surface area (Å²) >= 11 is 0. The predicted octanol–water partition coefficient (Wildman–Crippen LogP) is 0.767. The Hall–Kier alpha value is -1.99. The number of nitrogens with zero attached hydrogens (tertiary/aromatic N) is 2. The number of carbonyl (C=O) groups is 1. The standard InChI is InChI=1S/C16H20FN3O3/c17-13-3-1-12(2-4-13)14-11-15(23-19-14)16(21)18-5-6-20-7-9-22-10-8-20/h1-4,15H,5-11H2,(H,18,21)/t15-/m1/s1. The third kappa shape index (κ3) is 4.27. The van der Waals surface area contributed by atoms with E-state index in [1.807, 2.05) is 0 Å². The van der Waals surface area contributed by atoms with E-state index >= 15 is 0 Å². The molecule has 2 aliphatic rings. The van der Waals surface area contributed by atoms with Crippen molar-refractivity contribution < 1.29 is 18.8 Å². The van der Waals surface area contributed by atoms with Gasteiger partial charge in [0.25, 0.3) is 5.91 Å². The Bertz CT molecular complexity index is 570. The van der Waals surface area contributed by atoms with Crippen LogP contribution in [0.1, 0.15) is 12.0 Å². The van der Waals surface area contributed by atoms with E-state index in [1.54, 1.807) is 12.1 Å². The number of ether oxygens (including phenoxy) is 1. The fraction of sp³-hybridized carbons (Fsp3) is 0.500. The average molecular weight is 321 g/mol. The Morgan fingerprint density at radius 3 is 2.78 bits per heavy atom. The Balaban J connectivity index is 1.42. The van der Waals surface area contributed by atoms with E-state index in [2.05, 4.69) is 15.4 Å². The molecule has 0 aromatic heterocycles. The van der Waals surface area contributed by atoms with Crippen LogP contribution in [0.4, 0.5) is 4.39 Å². The molecule has 6 nitrogen and oxygen atoms in total. The molecule has 7 heteroatoms. The second kappa shape index (κ2) is 7.52. The van der Waals surface area contributed by atoms with Crippen molar-refractivity contribution in [1.82, 2.24) is 10.2 Å². The maximum atomic E-state index is 12.9. The summed E-state index contributed by atoms with van der Waals surface area (Å²) < 4.78 is 18.2. The van der Waals surface area contributed by atoms with E-state index in [0.717, 1.165) is 38.4 Å². The second-order valence-electron chi connectivity index (χ2n) is 5.59. The summed E-state index contributed by atoms with van der Waals surface area (Å²) in [6.07, 6.45) is -0.214. The van der Waals surface area contributed by atoms with Gasteiger partial charge in [0.2, 0.25) is 6.10 Å². The fourth-order valence-electron chi connectivity index (χ4n) is 2.61. The van der Waals surface area contributed by atoms with Gasteiger partial charge in [-0.15, -0.1) is 0 Å². The molecule has 1 fully saturated rings. The van der Waals surface area contributed by atoms with Crippen molar-refractivity contribution in [3.63, 3.8) is 0 Å². The smallest absolute Gasteiger partial charge is 0.264 e. The van der Waals surface area contributed by atoms with E-state index in [-0.39, 0.29) is 11.7 Å². The molecule has 1 aromatic rings. The number of benzene rings is 1. The molecule has 1 amide bonds. The first-order valence-corrected chi connectivity index (χ1v) is 7.79. The van der Waals surface area contributed by atoms with Crippen molar-refractivity contribution in [3.05, 3.63) is 35.6 Å². The van der Waals surface area contributed by atoms with Crippen LogP contribution in [0, 0.1) is 5.82 Å². The maximum Gasteiger partial charge on any atom is 0.264 e. The zero-order valence-corrected chi connectivity index (χ0v) is 12.8. The molecule has 0 unspecified atom stereocenters. The third-order valence-corrected chi connectivity index (χ3v) is 3.97. The Kier molecular flexibility index (Phi) is 5.19. The lowest BCUT2D eigenvalue weighted by Crippen LogP contribution is -2.43. The molecule has 23 heavy (non-hydrogen) atoms. The number of rotatable bonds is 5. The molecular weight excluding hydrogens is 301 g/mol. The van der Waals surface area contributed by atoms with Gasteiger partial charge in [-0.05, 0) is 17.7 Å². The normalized spacial score (nSPS) is 21.6. The second-order valence-corrected chi connectivity index (χ2v) is 5.59. The summed E-state index contributed by atoms with van der Waals surface area (Å²) in [6.45, 7) is 4.66. The van der Waals surface area contributed by atoms with E-state index in [1.165, 1.54) is 12.1 Å². The van der Waals surface area contributed by atoms with Crippen molar-refractivity contribution in [2.24, 2.45) is 5.16 Å². The van der Waals surface area contributed by atoms with Gasteiger partial charge in [0.05, 0.1) is 18.9 Å². The van der Waals surface area contributed by atoms with Crippen LogP contribution in [0.25, 0.3) is 0 Å². The van der Waals surface area contributed by atoms with Gasteiger partial charge in [-0.2, -0.15) is 0 Å². The summed E-state index contributed by atoms with van der Waals surface area (Å²) in [5.74, 6) is -0.468. The van der Waals surface area contributed by atoms with Gasteiger partial charge in [-0.25, -0.2) is 4.39 Å². The van der Waals surface area contributed by atoms with Crippen LogP contribution in [-0.4, -0.2) is 62.0 Å². The molecule has 2 heterocycles. The van der Waals surface area contributed by atoms with E-state index in [4.69, 9.17) is 9.57 Å². The van der Waals surface area contributed by atoms with Gasteiger partial charge in [0, 0.05) is 32.6 Å². The molecule has 1 atom stereocenters. The summed E-state index contributed by atoms with van der Waals surface area (Å²) in [5, 5.41) is 6.82. The molecular formula is C16H20FN3O3. The van der Waals surface area contributed by atoms with Crippen molar-refractivity contribution in [3.8, 4) is 0 Å². The molecule has 124 valence electrons. The molecule has 0 saturated carbocycles. The number of hydrogen-bond acceptors (Lipinski definition) is 5. The minimum Gasteiger partial charge on any atom is -0.382 e. The van der Waals surface area contributed by atoms with Gasteiger partial charge in [-0.1, -0.05) is 17.3 Å². The minimum atomic E-state index is -0.611. The number of amides is 1. The Labute approximate surface area is 134 Å². The predicted molar refractivity (Wildman–Crippen MR) is 82.7 cm³/mol. The maximum absolute atomic E-state index is 12.9. The molecule has 1 N–H and O–H groups in total. The summed E-state index contributed by atoms with van der Waals surface area (Å²) in [4.78, 5) is 19.6. The van der Waals surface area contributed by atoms with Crippen LogP contribution in [0.2, 0.25) is 0 Å². The van der Waals surface area contributed by atoms with E-state index in [9.17, 15) is 9.18 Å². The number of hydrogen-bond donors (Lipinski definition) is 1. The summed E-state index contributed by atoms with van der Waals surface area (Å²) in [7, 11) is 0. The zero-order valence-electron chi connectivity index (χ0n) is 12.8. The lowest BCUT2D eigenvalue weighted by atomic mass is 10.0. The lowest BCUT2D eigenvalue weighted by Gasteiger charge is -2.26. The zero-order chi connectivity index (χ0) is 16.1. The number of oxime groups is 1. The van der Waals surface area contributed by atoms with Gasteiger partial charge in [-0.3, -0.25) is 9.69 Å². The number of carbonyl (C=O) groups excluding carboxylic acids is 1. The molecule has 0 bridgehead atoms.